The zero-order valence-corrected chi connectivity index (χ0v) is 10.4. The Morgan fingerprint density at radius 1 is 1.25 bits per heavy atom. The highest BCUT2D eigenvalue weighted by Gasteiger charge is 2.15. The fourth-order valence-electron chi connectivity index (χ4n) is 2.02. The molecule has 0 saturated heterocycles. The van der Waals surface area contributed by atoms with Gasteiger partial charge in [0.2, 0.25) is 0 Å². The summed E-state index contributed by atoms with van der Waals surface area (Å²) in [6.45, 7) is 8.32. The largest absolute Gasteiger partial charge is 0.249 e. The molecule has 0 aliphatic carbocycles. The van der Waals surface area contributed by atoms with Crippen LogP contribution in [0.3, 0.4) is 0 Å². The minimum atomic E-state index is 0.423. The molecular formula is C12H18N4. The lowest BCUT2D eigenvalue weighted by atomic mass is 10.2. The Kier molecular flexibility index (Phi) is 2.90. The van der Waals surface area contributed by atoms with Crippen molar-refractivity contribution in [2.45, 2.75) is 46.6 Å². The van der Waals surface area contributed by atoms with Crippen molar-refractivity contribution < 1.29 is 0 Å². The highest BCUT2D eigenvalue weighted by molar-refractivity contribution is 5.73. The second-order valence-corrected chi connectivity index (χ2v) is 4.18. The number of fused-ring (bicyclic) bond motifs is 1. The van der Waals surface area contributed by atoms with Crippen LogP contribution in [0.4, 0.5) is 0 Å². The van der Waals surface area contributed by atoms with E-state index in [4.69, 9.17) is 0 Å². The quantitative estimate of drug-likeness (QED) is 0.795. The Balaban J connectivity index is 2.65. The van der Waals surface area contributed by atoms with Crippen LogP contribution in [0, 0.1) is 13.8 Å². The van der Waals surface area contributed by atoms with Crippen molar-refractivity contribution >= 4 is 11.2 Å². The third-order valence-corrected chi connectivity index (χ3v) is 2.98. The van der Waals surface area contributed by atoms with Gasteiger partial charge in [0.1, 0.15) is 5.52 Å². The summed E-state index contributed by atoms with van der Waals surface area (Å²) in [6.07, 6.45) is 3.94. The third kappa shape index (κ3) is 1.68. The van der Waals surface area contributed by atoms with Crippen molar-refractivity contribution in [1.29, 1.82) is 0 Å². The van der Waals surface area contributed by atoms with Gasteiger partial charge >= 0.3 is 0 Å². The fraction of sp³-hybridized carbons (Fsp3) is 0.583. The Morgan fingerprint density at radius 2 is 1.94 bits per heavy atom. The fourth-order valence-corrected chi connectivity index (χ4v) is 2.02. The first kappa shape index (κ1) is 11.0. The summed E-state index contributed by atoms with van der Waals surface area (Å²) in [5.74, 6) is 0. The van der Waals surface area contributed by atoms with E-state index >= 15 is 0 Å². The van der Waals surface area contributed by atoms with E-state index in [1.807, 2.05) is 18.5 Å². The molecule has 0 bridgehead atoms. The zero-order valence-electron chi connectivity index (χ0n) is 10.4. The molecule has 4 heteroatoms. The number of aromatic nitrogens is 4. The van der Waals surface area contributed by atoms with Gasteiger partial charge in [0.15, 0.2) is 5.65 Å². The lowest BCUT2D eigenvalue weighted by molar-refractivity contribution is 0.436. The third-order valence-electron chi connectivity index (χ3n) is 2.98. The molecule has 0 aromatic carbocycles. The van der Waals surface area contributed by atoms with E-state index in [0.29, 0.717) is 6.04 Å². The number of aryl methyl sites for hydroxylation is 2. The van der Waals surface area contributed by atoms with Crippen molar-refractivity contribution in [3.8, 4) is 0 Å². The van der Waals surface area contributed by atoms with Gasteiger partial charge < -0.3 is 0 Å². The molecule has 0 atom stereocenters. The van der Waals surface area contributed by atoms with Gasteiger partial charge in [-0.2, -0.15) is 5.10 Å². The molecular weight excluding hydrogens is 200 g/mol. The van der Waals surface area contributed by atoms with Crippen LogP contribution in [0.15, 0.2) is 6.20 Å². The molecule has 4 nitrogen and oxygen atoms in total. The normalized spacial score (nSPS) is 11.6. The van der Waals surface area contributed by atoms with Crippen LogP contribution >= 0.6 is 0 Å². The molecule has 0 unspecified atom stereocenters. The molecule has 16 heavy (non-hydrogen) atoms. The van der Waals surface area contributed by atoms with Crippen LogP contribution in [-0.4, -0.2) is 19.7 Å². The second-order valence-electron chi connectivity index (χ2n) is 4.18. The maximum atomic E-state index is 4.56. The summed E-state index contributed by atoms with van der Waals surface area (Å²) in [5.41, 5.74) is 3.76. The standard InChI is InChI=1S/C12H18N4/c1-5-10(6-2)16-12-11(9(4)15-16)13-7-8(3)14-12/h7,10H,5-6H2,1-4H3. The molecule has 0 aliphatic rings. The number of nitrogens with zero attached hydrogens (tertiary/aromatic N) is 4. The highest BCUT2D eigenvalue weighted by atomic mass is 15.3. The lowest BCUT2D eigenvalue weighted by Gasteiger charge is -2.13. The highest BCUT2D eigenvalue weighted by Crippen LogP contribution is 2.22. The molecule has 0 amide bonds. The van der Waals surface area contributed by atoms with Crippen LogP contribution in [0.2, 0.25) is 0 Å². The Morgan fingerprint density at radius 3 is 2.56 bits per heavy atom. The Bertz CT molecular complexity index is 497. The first-order chi connectivity index (χ1) is 7.67. The summed E-state index contributed by atoms with van der Waals surface area (Å²) in [6, 6.07) is 0.423. The van der Waals surface area contributed by atoms with Crippen LogP contribution in [0.5, 0.6) is 0 Å². The Hall–Kier alpha value is -1.45. The van der Waals surface area contributed by atoms with Gasteiger partial charge in [-0.25, -0.2) is 14.6 Å². The van der Waals surface area contributed by atoms with Crippen molar-refractivity contribution in [3.05, 3.63) is 17.6 Å². The Labute approximate surface area is 95.7 Å². The van der Waals surface area contributed by atoms with Crippen LogP contribution in [0.25, 0.3) is 11.2 Å². The van der Waals surface area contributed by atoms with Crippen molar-refractivity contribution in [2.75, 3.05) is 0 Å². The summed E-state index contributed by atoms with van der Waals surface area (Å²) < 4.78 is 2.03. The van der Waals surface area contributed by atoms with E-state index < -0.39 is 0 Å². The van der Waals surface area contributed by atoms with Gasteiger partial charge in [0.05, 0.1) is 17.4 Å². The predicted octanol–water partition coefficient (Wildman–Crippen LogP) is 2.80. The summed E-state index contributed by atoms with van der Waals surface area (Å²) in [4.78, 5) is 8.96. The molecule has 0 radical (unpaired) electrons. The van der Waals surface area contributed by atoms with Gasteiger partial charge in [-0.3, -0.25) is 0 Å². The van der Waals surface area contributed by atoms with E-state index in [1.165, 1.54) is 0 Å². The van der Waals surface area contributed by atoms with Crippen molar-refractivity contribution in [2.24, 2.45) is 0 Å². The first-order valence-corrected chi connectivity index (χ1v) is 5.85. The van der Waals surface area contributed by atoms with Crippen molar-refractivity contribution in [1.82, 2.24) is 19.7 Å². The summed E-state index contributed by atoms with van der Waals surface area (Å²) in [7, 11) is 0. The van der Waals surface area contributed by atoms with Gasteiger partial charge in [0.25, 0.3) is 0 Å². The van der Waals surface area contributed by atoms with E-state index in [1.54, 1.807) is 6.20 Å². The molecule has 2 heterocycles. The monoisotopic (exact) mass is 218 g/mol. The van der Waals surface area contributed by atoms with E-state index in [2.05, 4.69) is 28.9 Å². The summed E-state index contributed by atoms with van der Waals surface area (Å²) >= 11 is 0. The molecule has 86 valence electrons. The van der Waals surface area contributed by atoms with Crippen LogP contribution in [0.1, 0.15) is 44.1 Å². The molecule has 0 fully saturated rings. The number of hydrogen-bond donors (Lipinski definition) is 0. The molecule has 0 aliphatic heterocycles. The minimum Gasteiger partial charge on any atom is -0.249 e. The van der Waals surface area contributed by atoms with Gasteiger partial charge in [-0.05, 0) is 26.7 Å². The van der Waals surface area contributed by atoms with E-state index in [9.17, 15) is 0 Å². The lowest BCUT2D eigenvalue weighted by Crippen LogP contribution is -2.09. The van der Waals surface area contributed by atoms with Gasteiger partial charge in [-0.1, -0.05) is 13.8 Å². The summed E-state index contributed by atoms with van der Waals surface area (Å²) in [5, 5.41) is 4.56. The molecule has 0 N–H and O–H groups in total. The van der Waals surface area contributed by atoms with Crippen LogP contribution in [-0.2, 0) is 0 Å². The molecule has 2 aromatic heterocycles. The smallest absolute Gasteiger partial charge is 0.177 e. The van der Waals surface area contributed by atoms with E-state index in [0.717, 1.165) is 35.4 Å². The number of hydrogen-bond acceptors (Lipinski definition) is 3. The average Bonchev–Trinajstić information content (AvgIpc) is 2.58. The maximum absolute atomic E-state index is 4.56. The molecule has 0 spiro atoms. The molecule has 0 saturated carbocycles. The average molecular weight is 218 g/mol. The maximum Gasteiger partial charge on any atom is 0.177 e. The molecule has 2 aromatic rings. The van der Waals surface area contributed by atoms with Gasteiger partial charge in [0, 0.05) is 6.20 Å². The predicted molar refractivity (Wildman–Crippen MR) is 64.4 cm³/mol. The minimum absolute atomic E-state index is 0.423. The van der Waals surface area contributed by atoms with Crippen molar-refractivity contribution in [3.63, 3.8) is 0 Å². The zero-order chi connectivity index (χ0) is 11.7. The topological polar surface area (TPSA) is 43.6 Å². The SMILES string of the molecule is CCC(CC)n1nc(C)c2ncc(C)nc21. The molecule has 2 rings (SSSR count). The van der Waals surface area contributed by atoms with Gasteiger partial charge in [-0.15, -0.1) is 0 Å². The number of rotatable bonds is 3. The first-order valence-electron chi connectivity index (χ1n) is 5.85. The second kappa shape index (κ2) is 4.20. The van der Waals surface area contributed by atoms with Crippen LogP contribution < -0.4 is 0 Å². The van der Waals surface area contributed by atoms with E-state index in [-0.39, 0.29) is 0 Å².